The van der Waals surface area contributed by atoms with E-state index >= 15 is 0 Å². The van der Waals surface area contributed by atoms with E-state index in [2.05, 4.69) is 35.3 Å². The van der Waals surface area contributed by atoms with Gasteiger partial charge < -0.3 is 15.3 Å². The number of fused-ring (bicyclic) bond motifs is 1. The van der Waals surface area contributed by atoms with Crippen molar-refractivity contribution >= 4 is 18.1 Å². The van der Waals surface area contributed by atoms with Crippen LogP contribution in [0.2, 0.25) is 0 Å². The number of hydrogen-bond acceptors (Lipinski definition) is 3. The highest BCUT2D eigenvalue weighted by Crippen LogP contribution is 2.37. The van der Waals surface area contributed by atoms with Gasteiger partial charge in [0, 0.05) is 18.8 Å². The van der Waals surface area contributed by atoms with E-state index in [0.29, 0.717) is 6.54 Å². The van der Waals surface area contributed by atoms with Crippen molar-refractivity contribution in [3.8, 4) is 0 Å². The number of halogens is 2. The summed E-state index contributed by atoms with van der Waals surface area (Å²) in [7, 11) is 1.81. The summed E-state index contributed by atoms with van der Waals surface area (Å²) < 4.78 is 13.7. The summed E-state index contributed by atoms with van der Waals surface area (Å²) in [5.74, 6) is -0.271. The van der Waals surface area contributed by atoms with E-state index in [4.69, 9.17) is 0 Å². The molecule has 0 aromatic heterocycles. The van der Waals surface area contributed by atoms with E-state index in [1.807, 2.05) is 13.1 Å². The van der Waals surface area contributed by atoms with Crippen LogP contribution in [0.4, 0.5) is 10.1 Å². The lowest BCUT2D eigenvalue weighted by atomic mass is 9.99. The quantitative estimate of drug-likeness (QED) is 0.869. The molecular formula is C19H24ClFN2O. The Morgan fingerprint density at radius 1 is 1.25 bits per heavy atom. The molecule has 5 heteroatoms. The van der Waals surface area contributed by atoms with Crippen LogP contribution in [0.5, 0.6) is 0 Å². The zero-order chi connectivity index (χ0) is 16.4. The predicted octanol–water partition coefficient (Wildman–Crippen LogP) is 3.24. The molecule has 2 N–H and O–H groups in total. The van der Waals surface area contributed by atoms with Gasteiger partial charge in [-0.3, -0.25) is 0 Å². The number of nitrogens with zero attached hydrogens (tertiary/aromatic N) is 1. The summed E-state index contributed by atoms with van der Waals surface area (Å²) in [5, 5.41) is 13.7. The van der Waals surface area contributed by atoms with Crippen molar-refractivity contribution in [3.05, 3.63) is 65.0 Å². The van der Waals surface area contributed by atoms with E-state index in [1.54, 1.807) is 6.07 Å². The maximum absolute atomic E-state index is 13.7. The normalized spacial score (nSPS) is 15.6. The van der Waals surface area contributed by atoms with Gasteiger partial charge in [-0.05, 0) is 49.7 Å². The van der Waals surface area contributed by atoms with Crippen LogP contribution in [-0.2, 0) is 6.42 Å². The van der Waals surface area contributed by atoms with Gasteiger partial charge in [0.1, 0.15) is 5.82 Å². The van der Waals surface area contributed by atoms with Crippen LogP contribution in [0.25, 0.3) is 0 Å². The molecule has 0 saturated carbocycles. The van der Waals surface area contributed by atoms with Crippen LogP contribution in [-0.4, -0.2) is 31.3 Å². The number of nitrogens with one attached hydrogen (secondary N) is 1. The Kier molecular flexibility index (Phi) is 6.21. The zero-order valence-electron chi connectivity index (χ0n) is 14.0. The van der Waals surface area contributed by atoms with Crippen molar-refractivity contribution in [2.45, 2.75) is 25.5 Å². The third-order valence-electron chi connectivity index (χ3n) is 4.47. The Morgan fingerprint density at radius 2 is 2.04 bits per heavy atom. The molecule has 0 bridgehead atoms. The number of benzene rings is 2. The summed E-state index contributed by atoms with van der Waals surface area (Å²) in [6.07, 6.45) is 0.337. The predicted molar refractivity (Wildman–Crippen MR) is 98.6 cm³/mol. The van der Waals surface area contributed by atoms with E-state index in [1.165, 1.54) is 23.3 Å². The summed E-state index contributed by atoms with van der Waals surface area (Å²) in [5.41, 5.74) is 4.48. The molecule has 0 fully saturated rings. The van der Waals surface area contributed by atoms with Gasteiger partial charge in [-0.1, -0.05) is 29.8 Å². The maximum Gasteiger partial charge on any atom is 0.123 e. The molecule has 3 rings (SSSR count). The summed E-state index contributed by atoms with van der Waals surface area (Å²) in [4.78, 5) is 2.20. The Bertz CT molecular complexity index is 695. The highest BCUT2D eigenvalue weighted by atomic mass is 35.5. The molecule has 3 nitrogen and oxygen atoms in total. The SMILES string of the molecule is CNC[C@@H](O)[C@H](c1cccc(F)c1)N1CCc2cc(C)ccc21.Cl. The number of aryl methyl sites for hydroxylation is 1. The van der Waals surface area contributed by atoms with Gasteiger partial charge in [-0.15, -0.1) is 12.4 Å². The lowest BCUT2D eigenvalue weighted by molar-refractivity contribution is 0.141. The third kappa shape index (κ3) is 3.72. The fourth-order valence-electron chi connectivity index (χ4n) is 3.47. The zero-order valence-corrected chi connectivity index (χ0v) is 14.8. The fraction of sp³-hybridized carbons (Fsp3) is 0.368. The molecule has 0 unspecified atom stereocenters. The molecule has 130 valence electrons. The van der Waals surface area contributed by atoms with Gasteiger partial charge in [0.25, 0.3) is 0 Å². The first-order valence-electron chi connectivity index (χ1n) is 8.04. The number of aliphatic hydroxyl groups excluding tert-OH is 1. The lowest BCUT2D eigenvalue weighted by Crippen LogP contribution is -2.40. The number of rotatable bonds is 5. The minimum Gasteiger partial charge on any atom is -0.389 e. The lowest BCUT2D eigenvalue weighted by Gasteiger charge is -2.34. The molecule has 2 aromatic rings. The minimum atomic E-state index is -0.617. The van der Waals surface area contributed by atoms with E-state index in [0.717, 1.165) is 24.2 Å². The maximum atomic E-state index is 13.7. The second-order valence-corrected chi connectivity index (χ2v) is 6.20. The first-order chi connectivity index (χ1) is 11.1. The Labute approximate surface area is 148 Å². The highest BCUT2D eigenvalue weighted by molar-refractivity contribution is 5.85. The van der Waals surface area contributed by atoms with Crippen LogP contribution in [0.3, 0.4) is 0 Å². The highest BCUT2D eigenvalue weighted by Gasteiger charge is 2.32. The van der Waals surface area contributed by atoms with E-state index < -0.39 is 6.10 Å². The smallest absolute Gasteiger partial charge is 0.123 e. The fourth-order valence-corrected chi connectivity index (χ4v) is 3.47. The largest absolute Gasteiger partial charge is 0.389 e. The van der Waals surface area contributed by atoms with E-state index in [9.17, 15) is 9.50 Å². The Balaban J connectivity index is 0.00000208. The summed E-state index contributed by atoms with van der Waals surface area (Å²) in [6, 6.07) is 12.7. The molecular weight excluding hydrogens is 327 g/mol. The van der Waals surface area contributed by atoms with Crippen LogP contribution in [0.1, 0.15) is 22.7 Å². The van der Waals surface area contributed by atoms with Gasteiger partial charge >= 0.3 is 0 Å². The van der Waals surface area contributed by atoms with Gasteiger partial charge in [-0.25, -0.2) is 4.39 Å². The number of anilines is 1. The standard InChI is InChI=1S/C19H23FN2O.ClH/c1-13-6-7-17-14(10-13)8-9-22(17)19(18(23)12-21-2)15-4-3-5-16(20)11-15;/h3-7,10-11,18-19,21,23H,8-9,12H2,1-2H3;1H/t18-,19+;/m1./s1. The average molecular weight is 351 g/mol. The third-order valence-corrected chi connectivity index (χ3v) is 4.47. The van der Waals surface area contributed by atoms with Crippen molar-refractivity contribution in [1.29, 1.82) is 0 Å². The Hall–Kier alpha value is -1.62. The van der Waals surface area contributed by atoms with Crippen molar-refractivity contribution in [2.75, 3.05) is 25.0 Å². The second kappa shape index (κ2) is 7.97. The summed E-state index contributed by atoms with van der Waals surface area (Å²) in [6.45, 7) is 3.38. The molecule has 0 spiro atoms. The van der Waals surface area contributed by atoms with Gasteiger partial charge in [0.05, 0.1) is 12.1 Å². The molecule has 1 aliphatic heterocycles. The van der Waals surface area contributed by atoms with Gasteiger partial charge in [0.2, 0.25) is 0 Å². The van der Waals surface area contributed by atoms with E-state index in [-0.39, 0.29) is 24.3 Å². The Morgan fingerprint density at radius 3 is 2.75 bits per heavy atom. The number of hydrogen-bond donors (Lipinski definition) is 2. The topological polar surface area (TPSA) is 35.5 Å². The molecule has 0 aliphatic carbocycles. The minimum absolute atomic E-state index is 0. The average Bonchev–Trinajstić information content (AvgIpc) is 2.91. The molecule has 0 saturated heterocycles. The molecule has 2 atom stereocenters. The van der Waals surface area contributed by atoms with Crippen molar-refractivity contribution in [3.63, 3.8) is 0 Å². The summed E-state index contributed by atoms with van der Waals surface area (Å²) >= 11 is 0. The number of aliphatic hydroxyl groups is 1. The molecule has 0 amide bonds. The van der Waals surface area contributed by atoms with Crippen LogP contribution in [0, 0.1) is 12.7 Å². The molecule has 0 radical (unpaired) electrons. The van der Waals surface area contributed by atoms with Crippen LogP contribution >= 0.6 is 12.4 Å². The second-order valence-electron chi connectivity index (χ2n) is 6.20. The molecule has 24 heavy (non-hydrogen) atoms. The first kappa shape index (κ1) is 18.7. The molecule has 1 heterocycles. The van der Waals surface area contributed by atoms with Gasteiger partial charge in [-0.2, -0.15) is 0 Å². The number of likely N-dealkylation sites (N-methyl/N-ethyl adjacent to an activating group) is 1. The van der Waals surface area contributed by atoms with Crippen LogP contribution in [0.15, 0.2) is 42.5 Å². The van der Waals surface area contributed by atoms with Crippen LogP contribution < -0.4 is 10.2 Å². The van der Waals surface area contributed by atoms with Crippen molar-refractivity contribution < 1.29 is 9.50 Å². The molecule has 2 aromatic carbocycles. The monoisotopic (exact) mass is 350 g/mol. The van der Waals surface area contributed by atoms with Gasteiger partial charge in [0.15, 0.2) is 0 Å². The van der Waals surface area contributed by atoms with Crippen molar-refractivity contribution in [2.24, 2.45) is 0 Å². The molecule has 1 aliphatic rings. The van der Waals surface area contributed by atoms with Crippen molar-refractivity contribution in [1.82, 2.24) is 5.32 Å². The first-order valence-corrected chi connectivity index (χ1v) is 8.04.